The zero-order chi connectivity index (χ0) is 24.6. The highest BCUT2D eigenvalue weighted by molar-refractivity contribution is 6.37. The molecule has 0 unspecified atom stereocenters. The minimum Gasteiger partial charge on any atom is -0.504 e. The van der Waals surface area contributed by atoms with E-state index in [1.165, 1.54) is 35.2 Å². The van der Waals surface area contributed by atoms with Crippen molar-refractivity contribution in [2.75, 3.05) is 4.90 Å². The molecule has 172 valence electrons. The van der Waals surface area contributed by atoms with Crippen LogP contribution >= 0.6 is 11.6 Å². The van der Waals surface area contributed by atoms with E-state index in [0.717, 1.165) is 6.07 Å². The lowest BCUT2D eigenvalue weighted by Crippen LogP contribution is -2.37. The van der Waals surface area contributed by atoms with E-state index in [1.54, 1.807) is 31.2 Å². The number of carboxylic acids is 1. The Labute approximate surface area is 198 Å². The van der Waals surface area contributed by atoms with Crippen molar-refractivity contribution in [3.05, 3.63) is 88.1 Å². The molecule has 0 aromatic heterocycles. The van der Waals surface area contributed by atoms with E-state index in [0.29, 0.717) is 27.7 Å². The highest BCUT2D eigenvalue weighted by atomic mass is 35.5. The summed E-state index contributed by atoms with van der Waals surface area (Å²) in [4.78, 5) is 38.7. The molecular formula is C24H18ClN3O6. The smallest absolute Gasteiger partial charge is 0.335 e. The van der Waals surface area contributed by atoms with Gasteiger partial charge < -0.3 is 20.7 Å². The van der Waals surface area contributed by atoms with Gasteiger partial charge in [-0.05, 0) is 55.5 Å². The number of amides is 2. The molecule has 5 N–H and O–H groups in total. The number of hydrazine groups is 1. The van der Waals surface area contributed by atoms with Crippen LogP contribution in [-0.4, -0.2) is 33.1 Å². The van der Waals surface area contributed by atoms with Crippen molar-refractivity contribution in [3.8, 4) is 11.5 Å². The summed E-state index contributed by atoms with van der Waals surface area (Å²) in [6.45, 7) is 1.59. The Morgan fingerprint density at radius 1 is 0.912 bits per heavy atom. The van der Waals surface area contributed by atoms with Gasteiger partial charge in [-0.3, -0.25) is 19.9 Å². The van der Waals surface area contributed by atoms with Crippen molar-refractivity contribution < 1.29 is 29.7 Å². The van der Waals surface area contributed by atoms with Gasteiger partial charge in [0.15, 0.2) is 11.5 Å². The van der Waals surface area contributed by atoms with Gasteiger partial charge in [0.2, 0.25) is 0 Å². The molecule has 9 nitrogen and oxygen atoms in total. The van der Waals surface area contributed by atoms with Gasteiger partial charge in [0.1, 0.15) is 0 Å². The maximum absolute atomic E-state index is 13.5. The first-order valence-electron chi connectivity index (χ1n) is 9.94. The summed E-state index contributed by atoms with van der Waals surface area (Å²) in [5.41, 5.74) is 7.18. The number of hydrogen-bond donors (Lipinski definition) is 5. The van der Waals surface area contributed by atoms with Crippen LogP contribution in [0, 0.1) is 0 Å². The second-order valence-corrected chi connectivity index (χ2v) is 7.88. The number of aromatic hydroxyl groups is 2. The molecule has 0 fully saturated rings. The molecule has 3 aromatic rings. The van der Waals surface area contributed by atoms with Crippen molar-refractivity contribution in [2.45, 2.75) is 6.92 Å². The first-order chi connectivity index (χ1) is 16.2. The largest absolute Gasteiger partial charge is 0.504 e. The Balaban J connectivity index is 1.68. The summed E-state index contributed by atoms with van der Waals surface area (Å²) in [7, 11) is 0. The summed E-state index contributed by atoms with van der Waals surface area (Å²) < 4.78 is 0. The van der Waals surface area contributed by atoms with Gasteiger partial charge in [-0.1, -0.05) is 23.7 Å². The number of nitrogens with one attached hydrogen (secondary N) is 2. The fraction of sp³-hybridized carbons (Fsp3) is 0.0417. The molecule has 0 aliphatic carbocycles. The quantitative estimate of drug-likeness (QED) is 0.213. The van der Waals surface area contributed by atoms with E-state index in [4.69, 9.17) is 11.6 Å². The van der Waals surface area contributed by atoms with E-state index in [9.17, 15) is 29.7 Å². The number of nitrogens with zero attached hydrogens (tertiary/aromatic N) is 1. The number of fused-ring (bicyclic) bond motifs is 1. The molecule has 34 heavy (non-hydrogen) atoms. The number of halogens is 1. The molecule has 3 aromatic carbocycles. The highest BCUT2D eigenvalue weighted by Gasteiger charge is 2.35. The molecule has 1 heterocycles. The third kappa shape index (κ3) is 4.12. The van der Waals surface area contributed by atoms with Gasteiger partial charge in [-0.25, -0.2) is 4.79 Å². The number of aromatic carboxylic acids is 1. The number of phenolic OH excluding ortho intramolecular Hbond substituents is 2. The minimum atomic E-state index is -1.13. The summed E-state index contributed by atoms with van der Waals surface area (Å²) in [5, 5.41) is 28.7. The van der Waals surface area contributed by atoms with Crippen LogP contribution in [0.25, 0.3) is 5.57 Å². The Morgan fingerprint density at radius 3 is 2.38 bits per heavy atom. The number of carbonyl (C=O) groups is 3. The molecule has 0 saturated heterocycles. The number of allylic oxidation sites excluding steroid dienone is 1. The second-order valence-electron chi connectivity index (χ2n) is 7.44. The van der Waals surface area contributed by atoms with Crippen molar-refractivity contribution in [1.29, 1.82) is 0 Å². The molecule has 10 heteroatoms. The van der Waals surface area contributed by atoms with Crippen molar-refractivity contribution in [2.24, 2.45) is 0 Å². The number of carbonyl (C=O) groups excluding carboxylic acids is 2. The molecule has 0 saturated carbocycles. The molecular weight excluding hydrogens is 462 g/mol. The van der Waals surface area contributed by atoms with Crippen LogP contribution in [0.3, 0.4) is 0 Å². The zero-order valence-corrected chi connectivity index (χ0v) is 18.4. The van der Waals surface area contributed by atoms with Crippen LogP contribution in [0.15, 0.2) is 66.4 Å². The zero-order valence-electron chi connectivity index (χ0n) is 17.7. The topological polar surface area (TPSA) is 139 Å². The van der Waals surface area contributed by atoms with Gasteiger partial charge in [0.05, 0.1) is 22.5 Å². The molecule has 0 atom stereocenters. The normalized spacial score (nSPS) is 13.9. The molecule has 0 spiro atoms. The van der Waals surface area contributed by atoms with Crippen LogP contribution in [0.4, 0.5) is 11.4 Å². The number of anilines is 2. The van der Waals surface area contributed by atoms with Crippen LogP contribution in [0.2, 0.25) is 5.02 Å². The lowest BCUT2D eigenvalue weighted by molar-refractivity contribution is -0.112. The molecule has 0 radical (unpaired) electrons. The Kier molecular flexibility index (Phi) is 5.87. The minimum absolute atomic E-state index is 0.0190. The lowest BCUT2D eigenvalue weighted by Gasteiger charge is -2.18. The van der Waals surface area contributed by atoms with E-state index < -0.39 is 23.5 Å². The number of hydrogen-bond acceptors (Lipinski definition) is 6. The summed E-state index contributed by atoms with van der Waals surface area (Å²) >= 11 is 6.17. The Hall–Kier alpha value is -4.50. The van der Waals surface area contributed by atoms with Crippen molar-refractivity contribution in [1.82, 2.24) is 10.9 Å². The van der Waals surface area contributed by atoms with Gasteiger partial charge >= 0.3 is 5.97 Å². The average molecular weight is 480 g/mol. The molecule has 1 aliphatic heterocycles. The number of rotatable bonds is 5. The maximum Gasteiger partial charge on any atom is 0.335 e. The van der Waals surface area contributed by atoms with E-state index >= 15 is 0 Å². The van der Waals surface area contributed by atoms with Gasteiger partial charge in [0.25, 0.3) is 11.8 Å². The lowest BCUT2D eigenvalue weighted by atomic mass is 10.1. The third-order valence-electron chi connectivity index (χ3n) is 5.21. The van der Waals surface area contributed by atoms with Gasteiger partial charge in [-0.2, -0.15) is 0 Å². The van der Waals surface area contributed by atoms with E-state index in [1.807, 2.05) is 0 Å². The fourth-order valence-electron chi connectivity index (χ4n) is 3.58. The SMILES string of the molecule is CC(NNC(=O)c1ccc(O)c(O)c1)=C1C(=O)N(c2cccc(C(=O)O)c2)c2cc(Cl)ccc21. The summed E-state index contributed by atoms with van der Waals surface area (Å²) in [5.74, 6) is -2.98. The molecule has 2 amide bonds. The van der Waals surface area contributed by atoms with Crippen molar-refractivity contribution >= 4 is 46.3 Å². The van der Waals surface area contributed by atoms with E-state index in [2.05, 4.69) is 10.9 Å². The number of benzene rings is 3. The predicted molar refractivity (Wildman–Crippen MR) is 125 cm³/mol. The second kappa shape index (κ2) is 8.80. The molecule has 0 bridgehead atoms. The molecule has 1 aliphatic rings. The average Bonchev–Trinajstić information content (AvgIpc) is 3.09. The number of carboxylic acid groups (broad SMARTS) is 1. The Morgan fingerprint density at radius 2 is 1.68 bits per heavy atom. The predicted octanol–water partition coefficient (Wildman–Crippen LogP) is 3.79. The van der Waals surface area contributed by atoms with Crippen LogP contribution < -0.4 is 15.8 Å². The van der Waals surface area contributed by atoms with E-state index in [-0.39, 0.29) is 22.4 Å². The third-order valence-corrected chi connectivity index (χ3v) is 5.45. The maximum atomic E-state index is 13.5. The van der Waals surface area contributed by atoms with Crippen molar-refractivity contribution in [3.63, 3.8) is 0 Å². The highest BCUT2D eigenvalue weighted by Crippen LogP contribution is 2.43. The summed E-state index contributed by atoms with van der Waals surface area (Å²) in [6.07, 6.45) is 0. The first kappa shape index (κ1) is 22.7. The summed E-state index contributed by atoms with van der Waals surface area (Å²) in [6, 6.07) is 14.4. The van der Waals surface area contributed by atoms with Gasteiger partial charge in [0, 0.05) is 21.8 Å². The fourth-order valence-corrected chi connectivity index (χ4v) is 3.75. The van der Waals surface area contributed by atoms with Crippen LogP contribution in [0.5, 0.6) is 11.5 Å². The first-order valence-corrected chi connectivity index (χ1v) is 10.3. The molecule has 4 rings (SSSR count). The van der Waals surface area contributed by atoms with Crippen LogP contribution in [-0.2, 0) is 4.79 Å². The van der Waals surface area contributed by atoms with Crippen LogP contribution in [0.1, 0.15) is 33.2 Å². The number of phenols is 2. The van der Waals surface area contributed by atoms with Gasteiger partial charge in [-0.15, -0.1) is 0 Å². The monoisotopic (exact) mass is 479 g/mol. The Bertz CT molecular complexity index is 1380. The standard InChI is InChI=1S/C24H18ClN3O6/c1-12(26-27-22(31)13-5-8-19(29)20(30)10-13)21-17-7-6-15(25)11-18(17)28(23(21)32)16-4-2-3-14(9-16)24(33)34/h2-11,26,29-30H,1H3,(H,27,31)(H,33,34).